The molecule has 5 heteroatoms. The van der Waals surface area contributed by atoms with Gasteiger partial charge >= 0.3 is 0 Å². The van der Waals surface area contributed by atoms with Crippen molar-refractivity contribution in [3.8, 4) is 39.1 Å². The SMILES string of the molecule is Cc1c(-c2ccccc2/C=C\c2c(-c3ccccc3F)c(C(C)C)c(-n3c4ccccc4c4ccc5sc6ccccc6c5c43)c(C(C)C)c2-c2ccccc2F)ccc2sc3ccccc3c12. The Morgan fingerprint density at radius 1 is 0.441 bits per heavy atom. The molecule has 0 spiro atoms. The van der Waals surface area contributed by atoms with Crippen molar-refractivity contribution in [2.24, 2.45) is 0 Å². The molecule has 0 N–H and O–H groups in total. The predicted octanol–water partition coefficient (Wildman–Crippen LogP) is 19.5. The molecule has 0 radical (unpaired) electrons. The van der Waals surface area contributed by atoms with E-state index < -0.39 is 0 Å². The maximum absolute atomic E-state index is 17.1. The second-order valence-corrected chi connectivity index (χ2v) is 20.7. The normalized spacial score (nSPS) is 12.2. The molecule has 0 saturated carbocycles. The summed E-state index contributed by atoms with van der Waals surface area (Å²) in [6.07, 6.45) is 4.32. The Morgan fingerprint density at radius 3 is 1.56 bits per heavy atom. The summed E-state index contributed by atoms with van der Waals surface area (Å²) in [6, 6.07) is 57.7. The number of aryl methyl sites for hydroxylation is 1. The third kappa shape index (κ3) is 6.51. The zero-order valence-corrected chi connectivity index (χ0v) is 40.1. The summed E-state index contributed by atoms with van der Waals surface area (Å²) in [4.78, 5) is 0. The van der Waals surface area contributed by atoms with Gasteiger partial charge in [0.1, 0.15) is 11.6 Å². The molecule has 0 unspecified atom stereocenters. The van der Waals surface area contributed by atoms with Gasteiger partial charge in [-0.25, -0.2) is 8.78 Å². The highest BCUT2D eigenvalue weighted by molar-refractivity contribution is 7.26. The average molecular weight is 920 g/mol. The van der Waals surface area contributed by atoms with Gasteiger partial charge in [0.25, 0.3) is 0 Å². The number of hydrogen-bond donors (Lipinski definition) is 0. The lowest BCUT2D eigenvalue weighted by atomic mass is 9.77. The van der Waals surface area contributed by atoms with E-state index in [0.29, 0.717) is 11.1 Å². The summed E-state index contributed by atoms with van der Waals surface area (Å²) >= 11 is 3.63. The van der Waals surface area contributed by atoms with Crippen molar-refractivity contribution in [3.63, 3.8) is 0 Å². The summed E-state index contributed by atoms with van der Waals surface area (Å²) < 4.78 is 41.6. The fraction of sp³-hybridized carbons (Fsp3) is 0.111. The molecule has 0 saturated heterocycles. The fourth-order valence-electron chi connectivity index (χ4n) is 11.1. The number of para-hydroxylation sites is 1. The second-order valence-electron chi connectivity index (χ2n) is 18.5. The lowest BCUT2D eigenvalue weighted by Crippen LogP contribution is -2.13. The molecule has 12 aromatic rings. The largest absolute Gasteiger partial charge is 0.308 e. The molecular formula is C63H47F2NS2. The lowest BCUT2D eigenvalue weighted by molar-refractivity contribution is 0.630. The number of benzene rings is 9. The van der Waals surface area contributed by atoms with Crippen molar-refractivity contribution in [1.29, 1.82) is 0 Å². The summed E-state index contributed by atoms with van der Waals surface area (Å²) in [6.45, 7) is 11.1. The van der Waals surface area contributed by atoms with Crippen LogP contribution < -0.4 is 0 Å². The van der Waals surface area contributed by atoms with Crippen LogP contribution >= 0.6 is 22.7 Å². The molecule has 0 amide bonds. The van der Waals surface area contributed by atoms with E-state index in [4.69, 9.17) is 0 Å². The van der Waals surface area contributed by atoms with Crippen molar-refractivity contribution >= 4 is 97.0 Å². The van der Waals surface area contributed by atoms with E-state index in [1.807, 2.05) is 35.6 Å². The molecule has 0 bridgehead atoms. The highest BCUT2D eigenvalue weighted by atomic mass is 32.1. The molecule has 3 aromatic heterocycles. The van der Waals surface area contributed by atoms with Crippen LogP contribution in [0.4, 0.5) is 8.78 Å². The summed E-state index contributed by atoms with van der Waals surface area (Å²) in [7, 11) is 0. The minimum absolute atomic E-state index is 0.0874. The first-order valence-electron chi connectivity index (χ1n) is 23.4. The zero-order chi connectivity index (χ0) is 46.4. The Bertz CT molecular complexity index is 3950. The van der Waals surface area contributed by atoms with Gasteiger partial charge in [0, 0.05) is 62.2 Å². The average Bonchev–Trinajstić information content (AvgIpc) is 4.03. The van der Waals surface area contributed by atoms with E-state index in [1.165, 1.54) is 45.9 Å². The monoisotopic (exact) mass is 919 g/mol. The molecule has 0 atom stereocenters. The first-order valence-corrected chi connectivity index (χ1v) is 25.1. The van der Waals surface area contributed by atoms with Crippen molar-refractivity contribution in [1.82, 2.24) is 4.57 Å². The van der Waals surface area contributed by atoms with Crippen LogP contribution in [0.5, 0.6) is 0 Å². The fourth-order valence-corrected chi connectivity index (χ4v) is 13.3. The Kier molecular flexibility index (Phi) is 10.3. The first-order chi connectivity index (χ1) is 33.2. The van der Waals surface area contributed by atoms with Gasteiger partial charge < -0.3 is 4.57 Å². The van der Waals surface area contributed by atoms with Gasteiger partial charge in [-0.1, -0.05) is 167 Å². The van der Waals surface area contributed by atoms with Crippen LogP contribution in [0.15, 0.2) is 170 Å². The van der Waals surface area contributed by atoms with Crippen LogP contribution in [0, 0.1) is 18.6 Å². The molecule has 9 aromatic carbocycles. The number of halogens is 2. The Balaban J connectivity index is 1.24. The third-order valence-electron chi connectivity index (χ3n) is 13.9. The number of nitrogens with zero attached hydrogens (tertiary/aromatic N) is 1. The number of aromatic nitrogens is 1. The molecule has 1 nitrogen and oxygen atoms in total. The molecule has 0 aliphatic heterocycles. The van der Waals surface area contributed by atoms with Gasteiger partial charge in [-0.3, -0.25) is 0 Å². The van der Waals surface area contributed by atoms with E-state index in [-0.39, 0.29) is 23.5 Å². The topological polar surface area (TPSA) is 4.93 Å². The predicted molar refractivity (Wildman–Crippen MR) is 291 cm³/mol. The van der Waals surface area contributed by atoms with E-state index in [9.17, 15) is 0 Å². The minimum Gasteiger partial charge on any atom is -0.308 e. The first kappa shape index (κ1) is 42.2. The maximum atomic E-state index is 17.1. The molecule has 0 fully saturated rings. The van der Waals surface area contributed by atoms with Crippen molar-refractivity contribution in [3.05, 3.63) is 209 Å². The van der Waals surface area contributed by atoms with Crippen LogP contribution in [0.3, 0.4) is 0 Å². The Labute approximate surface area is 402 Å². The molecule has 3 heterocycles. The minimum atomic E-state index is -0.326. The number of thiophene rings is 2. The maximum Gasteiger partial charge on any atom is 0.131 e. The highest BCUT2D eigenvalue weighted by Crippen LogP contribution is 2.52. The van der Waals surface area contributed by atoms with Crippen molar-refractivity contribution < 1.29 is 8.78 Å². The third-order valence-corrected chi connectivity index (χ3v) is 16.2. The summed E-state index contributed by atoms with van der Waals surface area (Å²) in [5.74, 6) is -0.827. The summed E-state index contributed by atoms with van der Waals surface area (Å²) in [5.41, 5.74) is 12.9. The van der Waals surface area contributed by atoms with Crippen LogP contribution in [0.1, 0.15) is 67.3 Å². The smallest absolute Gasteiger partial charge is 0.131 e. The molecule has 68 heavy (non-hydrogen) atoms. The molecular weight excluding hydrogens is 873 g/mol. The van der Waals surface area contributed by atoms with E-state index in [0.717, 1.165) is 72.0 Å². The van der Waals surface area contributed by atoms with Gasteiger partial charge in [-0.15, -0.1) is 22.7 Å². The van der Waals surface area contributed by atoms with Gasteiger partial charge in [-0.2, -0.15) is 0 Å². The number of fused-ring (bicyclic) bond motifs is 10. The molecule has 12 rings (SSSR count). The van der Waals surface area contributed by atoms with Gasteiger partial charge in [-0.05, 0) is 111 Å². The summed E-state index contributed by atoms with van der Waals surface area (Å²) in [5, 5.41) is 7.21. The number of hydrogen-bond acceptors (Lipinski definition) is 2. The Hall–Kier alpha value is -7.18. The van der Waals surface area contributed by atoms with Crippen LogP contribution in [0.25, 0.3) is 113 Å². The molecule has 0 aliphatic rings. The quantitative estimate of drug-likeness (QED) is 0.134. The Morgan fingerprint density at radius 2 is 0.941 bits per heavy atom. The van der Waals surface area contributed by atoms with Gasteiger partial charge in [0.05, 0.1) is 16.7 Å². The zero-order valence-electron chi connectivity index (χ0n) is 38.5. The highest BCUT2D eigenvalue weighted by Gasteiger charge is 2.32. The molecule has 330 valence electrons. The van der Waals surface area contributed by atoms with E-state index >= 15 is 8.78 Å². The van der Waals surface area contributed by atoms with E-state index in [1.54, 1.807) is 35.6 Å². The van der Waals surface area contributed by atoms with E-state index in [2.05, 4.69) is 173 Å². The second kappa shape index (κ2) is 16.6. The lowest BCUT2D eigenvalue weighted by Gasteiger charge is -2.31. The van der Waals surface area contributed by atoms with Crippen molar-refractivity contribution in [2.75, 3.05) is 0 Å². The van der Waals surface area contributed by atoms with Gasteiger partial charge in [0.2, 0.25) is 0 Å². The number of rotatable bonds is 8. The molecule has 0 aliphatic carbocycles. The van der Waals surface area contributed by atoms with Gasteiger partial charge in [0.15, 0.2) is 0 Å². The van der Waals surface area contributed by atoms with Crippen LogP contribution in [0.2, 0.25) is 0 Å². The standard InChI is InChI=1S/C63H47F2NS2/c1-36(2)56-59(44-21-8-13-25-49(44)64)48(31-30-39-18-6-7-19-41(39)40-32-34-54-58(38(40)5)46-23-11-16-28-52(46)67-54)60(45-22-9-14-26-50(45)65)57(37(3)4)63(56)66-51-27-15-10-20-42(51)43-33-35-55-61(62(43)66)47-24-12-17-29-53(47)68-55/h6-37H,1-5H3/b31-30-. The van der Waals surface area contributed by atoms with Crippen molar-refractivity contribution in [2.45, 2.75) is 46.5 Å². The van der Waals surface area contributed by atoms with Crippen LogP contribution in [-0.2, 0) is 0 Å². The van der Waals surface area contributed by atoms with Crippen LogP contribution in [-0.4, -0.2) is 4.57 Å².